The fourth-order valence-electron chi connectivity index (χ4n) is 3.77. The van der Waals surface area contributed by atoms with Gasteiger partial charge in [0.05, 0.1) is 0 Å². The molecule has 0 aromatic heterocycles. The van der Waals surface area contributed by atoms with Gasteiger partial charge in [-0.3, -0.25) is 0 Å². The number of hydrogen-bond donors (Lipinski definition) is 1. The Kier molecular flexibility index (Phi) is 3.97. The maximum absolute atomic E-state index is 3.84. The molecule has 2 aliphatic heterocycles. The Balaban J connectivity index is 1.63. The Bertz CT molecular complexity index is 434. The molecule has 2 saturated heterocycles. The number of rotatable bonds is 3. The molecule has 19 heavy (non-hydrogen) atoms. The summed E-state index contributed by atoms with van der Waals surface area (Å²) in [6.07, 6.45) is 5.41. The van der Waals surface area contributed by atoms with Crippen LogP contribution < -0.4 is 5.32 Å². The second-order valence-electron chi connectivity index (χ2n) is 6.16. The number of benzene rings is 1. The highest BCUT2D eigenvalue weighted by Crippen LogP contribution is 2.35. The SMILES string of the molecule is CC(NC1CC2CCC(C1)N2C)c1cccc(Br)c1. The Hall–Kier alpha value is -0.380. The first-order valence-corrected chi connectivity index (χ1v) is 8.16. The minimum absolute atomic E-state index is 0.435. The van der Waals surface area contributed by atoms with E-state index in [2.05, 4.69) is 64.4 Å². The molecule has 0 spiro atoms. The van der Waals surface area contributed by atoms with Crippen LogP contribution in [0.25, 0.3) is 0 Å². The number of hydrogen-bond acceptors (Lipinski definition) is 2. The van der Waals surface area contributed by atoms with E-state index in [1.807, 2.05) is 0 Å². The number of fused-ring (bicyclic) bond motifs is 2. The third-order valence-corrected chi connectivity index (χ3v) is 5.43. The van der Waals surface area contributed by atoms with Crippen molar-refractivity contribution in [2.75, 3.05) is 7.05 Å². The van der Waals surface area contributed by atoms with Crippen molar-refractivity contribution in [2.24, 2.45) is 0 Å². The van der Waals surface area contributed by atoms with Crippen LogP contribution in [0.4, 0.5) is 0 Å². The summed E-state index contributed by atoms with van der Waals surface area (Å²) in [5.74, 6) is 0. The molecular weight excluding hydrogens is 300 g/mol. The third kappa shape index (κ3) is 2.88. The summed E-state index contributed by atoms with van der Waals surface area (Å²) in [6, 6.07) is 11.4. The maximum Gasteiger partial charge on any atom is 0.0294 e. The van der Waals surface area contributed by atoms with Crippen molar-refractivity contribution < 1.29 is 0 Å². The van der Waals surface area contributed by atoms with E-state index in [0.29, 0.717) is 12.1 Å². The third-order valence-electron chi connectivity index (χ3n) is 4.93. The highest BCUT2D eigenvalue weighted by atomic mass is 79.9. The molecule has 0 amide bonds. The van der Waals surface area contributed by atoms with Crippen LogP contribution in [0, 0.1) is 0 Å². The first kappa shape index (κ1) is 13.6. The summed E-state index contributed by atoms with van der Waals surface area (Å²) >= 11 is 3.56. The second kappa shape index (κ2) is 5.55. The molecule has 1 aromatic carbocycles. The number of nitrogens with zero attached hydrogens (tertiary/aromatic N) is 1. The Labute approximate surface area is 124 Å². The quantitative estimate of drug-likeness (QED) is 0.912. The predicted molar refractivity (Wildman–Crippen MR) is 83.3 cm³/mol. The highest BCUT2D eigenvalue weighted by molar-refractivity contribution is 9.10. The van der Waals surface area contributed by atoms with Crippen molar-refractivity contribution in [1.82, 2.24) is 10.2 Å². The van der Waals surface area contributed by atoms with Crippen LogP contribution in [-0.2, 0) is 0 Å². The Morgan fingerprint density at radius 3 is 2.58 bits per heavy atom. The minimum atomic E-state index is 0.435. The molecule has 2 heterocycles. The predicted octanol–water partition coefficient (Wildman–Crippen LogP) is 3.72. The molecule has 0 aliphatic carbocycles. The van der Waals surface area contributed by atoms with Gasteiger partial charge in [-0.2, -0.15) is 0 Å². The standard InChI is InChI=1S/C16H23BrN2/c1-11(12-4-3-5-13(17)8-12)18-14-9-15-6-7-16(10-14)19(15)2/h3-5,8,11,14-16,18H,6-7,9-10H2,1-2H3. The zero-order chi connectivity index (χ0) is 13.4. The molecule has 2 fully saturated rings. The van der Waals surface area contributed by atoms with Crippen LogP contribution in [0.5, 0.6) is 0 Å². The summed E-state index contributed by atoms with van der Waals surface area (Å²) in [5, 5.41) is 3.84. The van der Waals surface area contributed by atoms with Gasteiger partial charge in [-0.25, -0.2) is 0 Å². The van der Waals surface area contributed by atoms with Crippen molar-refractivity contribution in [1.29, 1.82) is 0 Å². The molecule has 3 rings (SSSR count). The van der Waals surface area contributed by atoms with Gasteiger partial charge in [0.1, 0.15) is 0 Å². The lowest BCUT2D eigenvalue weighted by atomic mass is 9.96. The zero-order valence-corrected chi connectivity index (χ0v) is 13.4. The summed E-state index contributed by atoms with van der Waals surface area (Å²) in [7, 11) is 2.30. The van der Waals surface area contributed by atoms with E-state index < -0.39 is 0 Å². The van der Waals surface area contributed by atoms with Gasteiger partial charge in [0, 0.05) is 28.6 Å². The van der Waals surface area contributed by atoms with Gasteiger partial charge >= 0.3 is 0 Å². The van der Waals surface area contributed by atoms with E-state index >= 15 is 0 Å². The van der Waals surface area contributed by atoms with Gasteiger partial charge in [-0.05, 0) is 57.4 Å². The smallest absolute Gasteiger partial charge is 0.0294 e. The lowest BCUT2D eigenvalue weighted by Crippen LogP contribution is -2.47. The van der Waals surface area contributed by atoms with Gasteiger partial charge in [-0.1, -0.05) is 28.1 Å². The molecule has 1 N–H and O–H groups in total. The maximum atomic E-state index is 3.84. The van der Waals surface area contributed by atoms with Crippen LogP contribution in [-0.4, -0.2) is 30.1 Å². The minimum Gasteiger partial charge on any atom is -0.307 e. The number of nitrogens with one attached hydrogen (secondary N) is 1. The monoisotopic (exact) mass is 322 g/mol. The average Bonchev–Trinajstić information content (AvgIpc) is 2.62. The van der Waals surface area contributed by atoms with Gasteiger partial charge in [0.2, 0.25) is 0 Å². The van der Waals surface area contributed by atoms with Crippen LogP contribution in [0.15, 0.2) is 28.7 Å². The largest absolute Gasteiger partial charge is 0.307 e. The lowest BCUT2D eigenvalue weighted by molar-refractivity contribution is 0.144. The molecule has 2 bridgehead atoms. The normalized spacial score (nSPS) is 32.5. The van der Waals surface area contributed by atoms with E-state index in [4.69, 9.17) is 0 Å². The first-order valence-electron chi connectivity index (χ1n) is 7.37. The average molecular weight is 323 g/mol. The van der Waals surface area contributed by atoms with Gasteiger partial charge in [0.15, 0.2) is 0 Å². The number of piperidine rings is 1. The van der Waals surface area contributed by atoms with Gasteiger partial charge in [-0.15, -0.1) is 0 Å². The summed E-state index contributed by atoms with van der Waals surface area (Å²) < 4.78 is 1.17. The van der Waals surface area contributed by atoms with Crippen molar-refractivity contribution in [2.45, 2.75) is 56.8 Å². The van der Waals surface area contributed by atoms with E-state index in [1.54, 1.807) is 0 Å². The van der Waals surface area contributed by atoms with Gasteiger partial charge < -0.3 is 10.2 Å². The molecular formula is C16H23BrN2. The molecule has 3 unspecified atom stereocenters. The fourth-order valence-corrected chi connectivity index (χ4v) is 4.19. The van der Waals surface area contributed by atoms with E-state index in [9.17, 15) is 0 Å². The van der Waals surface area contributed by atoms with Crippen LogP contribution in [0.1, 0.15) is 44.2 Å². The first-order chi connectivity index (χ1) is 9.13. The van der Waals surface area contributed by atoms with Crippen molar-refractivity contribution >= 4 is 15.9 Å². The van der Waals surface area contributed by atoms with Crippen LogP contribution in [0.3, 0.4) is 0 Å². The lowest BCUT2D eigenvalue weighted by Gasteiger charge is -2.38. The summed E-state index contributed by atoms with van der Waals surface area (Å²) in [5.41, 5.74) is 1.38. The molecule has 0 saturated carbocycles. The molecule has 2 nitrogen and oxygen atoms in total. The summed E-state index contributed by atoms with van der Waals surface area (Å²) in [4.78, 5) is 2.60. The van der Waals surface area contributed by atoms with E-state index in [0.717, 1.165) is 12.1 Å². The molecule has 3 atom stereocenters. The summed E-state index contributed by atoms with van der Waals surface area (Å²) in [6.45, 7) is 2.28. The van der Waals surface area contributed by atoms with Crippen LogP contribution in [0.2, 0.25) is 0 Å². The number of halogens is 1. The second-order valence-corrected chi connectivity index (χ2v) is 7.08. The molecule has 1 aromatic rings. The Morgan fingerprint density at radius 1 is 1.26 bits per heavy atom. The van der Waals surface area contributed by atoms with Crippen LogP contribution >= 0.6 is 15.9 Å². The van der Waals surface area contributed by atoms with Crippen molar-refractivity contribution in [3.05, 3.63) is 34.3 Å². The molecule has 2 aliphatic rings. The molecule has 0 radical (unpaired) electrons. The van der Waals surface area contributed by atoms with Crippen molar-refractivity contribution in [3.63, 3.8) is 0 Å². The Morgan fingerprint density at radius 2 is 1.95 bits per heavy atom. The van der Waals surface area contributed by atoms with E-state index in [-0.39, 0.29) is 0 Å². The molecule has 104 valence electrons. The van der Waals surface area contributed by atoms with Gasteiger partial charge in [0.25, 0.3) is 0 Å². The van der Waals surface area contributed by atoms with E-state index in [1.165, 1.54) is 35.7 Å². The molecule has 3 heteroatoms. The fraction of sp³-hybridized carbons (Fsp3) is 0.625. The zero-order valence-electron chi connectivity index (χ0n) is 11.8. The topological polar surface area (TPSA) is 15.3 Å². The van der Waals surface area contributed by atoms with Crippen molar-refractivity contribution in [3.8, 4) is 0 Å². The highest BCUT2D eigenvalue weighted by Gasteiger charge is 2.38.